The molecule has 0 saturated carbocycles. The van der Waals surface area contributed by atoms with E-state index >= 15 is 0 Å². The van der Waals surface area contributed by atoms with Gasteiger partial charge in [-0.15, -0.1) is 0 Å². The van der Waals surface area contributed by atoms with Crippen LogP contribution in [0.2, 0.25) is 0 Å². The minimum atomic E-state index is -3.33. The average molecular weight is 310 g/mol. The van der Waals surface area contributed by atoms with E-state index in [2.05, 4.69) is 5.32 Å². The molecule has 3 unspecified atom stereocenters. The van der Waals surface area contributed by atoms with Crippen LogP contribution in [0.3, 0.4) is 0 Å². The lowest BCUT2D eigenvalue weighted by Crippen LogP contribution is -2.48. The number of hydrogen-bond donors (Lipinski definition) is 4. The number of β-amino-alcohol motifs (C(OH)–C–C–N with tert-alkyl or cyclic N) is 2. The zero-order chi connectivity index (χ0) is 15.5. The second kappa shape index (κ2) is 6.37. The zero-order valence-electron chi connectivity index (χ0n) is 10.9. The molecule has 3 atom stereocenters. The Morgan fingerprint density at radius 1 is 1.30 bits per heavy atom. The monoisotopic (exact) mass is 310 g/mol. The SMILES string of the molecule is CS(=O)(=O)CCC(NC(=O)N1CC(O)C(O)C1)C(=O)O. The van der Waals surface area contributed by atoms with Gasteiger partial charge in [-0.2, -0.15) is 0 Å². The minimum Gasteiger partial charge on any atom is -0.480 e. The first-order valence-electron chi connectivity index (χ1n) is 5.92. The summed E-state index contributed by atoms with van der Waals surface area (Å²) in [4.78, 5) is 23.8. The maximum absolute atomic E-state index is 11.8. The topological polar surface area (TPSA) is 144 Å². The van der Waals surface area contributed by atoms with E-state index in [4.69, 9.17) is 5.11 Å². The van der Waals surface area contributed by atoms with Crippen LogP contribution in [0.25, 0.3) is 0 Å². The maximum Gasteiger partial charge on any atom is 0.326 e. The lowest BCUT2D eigenvalue weighted by atomic mass is 10.2. The van der Waals surface area contributed by atoms with Gasteiger partial charge in [0.05, 0.1) is 31.1 Å². The molecule has 1 aliphatic rings. The van der Waals surface area contributed by atoms with Crippen molar-refractivity contribution in [3.63, 3.8) is 0 Å². The molecule has 2 amide bonds. The van der Waals surface area contributed by atoms with Gasteiger partial charge in [0.15, 0.2) is 0 Å². The number of sulfone groups is 1. The first kappa shape index (κ1) is 16.7. The average Bonchev–Trinajstić information content (AvgIpc) is 2.63. The number of carboxylic acid groups (broad SMARTS) is 1. The van der Waals surface area contributed by atoms with E-state index in [9.17, 15) is 28.2 Å². The van der Waals surface area contributed by atoms with Crippen LogP contribution in [0.15, 0.2) is 0 Å². The molecule has 20 heavy (non-hydrogen) atoms. The van der Waals surface area contributed by atoms with Gasteiger partial charge in [0, 0.05) is 6.26 Å². The molecule has 0 aromatic carbocycles. The lowest BCUT2D eigenvalue weighted by Gasteiger charge is -2.20. The molecule has 1 saturated heterocycles. The highest BCUT2D eigenvalue weighted by Crippen LogP contribution is 2.10. The van der Waals surface area contributed by atoms with Gasteiger partial charge in [0.1, 0.15) is 15.9 Å². The van der Waals surface area contributed by atoms with Gasteiger partial charge in [-0.25, -0.2) is 18.0 Å². The molecule has 0 bridgehead atoms. The van der Waals surface area contributed by atoms with Crippen molar-refractivity contribution in [1.29, 1.82) is 0 Å². The number of carboxylic acids is 1. The largest absolute Gasteiger partial charge is 0.480 e. The van der Waals surface area contributed by atoms with Gasteiger partial charge in [-0.3, -0.25) is 0 Å². The molecule has 0 aromatic rings. The number of rotatable bonds is 5. The fraction of sp³-hybridized carbons (Fsp3) is 0.800. The molecule has 1 aliphatic heterocycles. The highest BCUT2D eigenvalue weighted by Gasteiger charge is 2.34. The number of carbonyl (C=O) groups excluding carboxylic acids is 1. The number of amides is 2. The van der Waals surface area contributed by atoms with Crippen molar-refractivity contribution < 1.29 is 33.3 Å². The van der Waals surface area contributed by atoms with E-state index in [1.54, 1.807) is 0 Å². The summed E-state index contributed by atoms with van der Waals surface area (Å²) in [7, 11) is -3.33. The van der Waals surface area contributed by atoms with Crippen molar-refractivity contribution in [3.8, 4) is 0 Å². The molecular formula is C10H18N2O7S. The van der Waals surface area contributed by atoms with Crippen molar-refractivity contribution in [2.75, 3.05) is 25.1 Å². The first-order valence-corrected chi connectivity index (χ1v) is 7.98. The van der Waals surface area contributed by atoms with Gasteiger partial charge >= 0.3 is 12.0 Å². The number of aliphatic carboxylic acids is 1. The summed E-state index contributed by atoms with van der Waals surface area (Å²) >= 11 is 0. The van der Waals surface area contributed by atoms with Crippen LogP contribution in [0.4, 0.5) is 4.79 Å². The molecule has 4 N–H and O–H groups in total. The van der Waals surface area contributed by atoms with Crippen LogP contribution in [0.5, 0.6) is 0 Å². The van der Waals surface area contributed by atoms with E-state index in [1.165, 1.54) is 0 Å². The number of aliphatic hydroxyl groups is 2. The van der Waals surface area contributed by atoms with Crippen molar-refractivity contribution >= 4 is 21.8 Å². The molecule has 9 nitrogen and oxygen atoms in total. The Bertz CT molecular complexity index is 468. The van der Waals surface area contributed by atoms with E-state index in [0.717, 1.165) is 11.2 Å². The third kappa shape index (κ3) is 4.94. The number of nitrogens with one attached hydrogen (secondary N) is 1. The Labute approximate surface area is 116 Å². The molecule has 0 aromatic heterocycles. The van der Waals surface area contributed by atoms with Gasteiger partial charge in [0.25, 0.3) is 0 Å². The Kier molecular flexibility index (Phi) is 5.31. The van der Waals surface area contributed by atoms with Crippen LogP contribution in [0.1, 0.15) is 6.42 Å². The van der Waals surface area contributed by atoms with Crippen molar-refractivity contribution in [3.05, 3.63) is 0 Å². The summed E-state index contributed by atoms with van der Waals surface area (Å²) in [5.41, 5.74) is 0. The number of urea groups is 1. The third-order valence-corrected chi connectivity index (χ3v) is 3.90. The van der Waals surface area contributed by atoms with E-state index in [0.29, 0.717) is 0 Å². The Morgan fingerprint density at radius 3 is 2.20 bits per heavy atom. The fourth-order valence-corrected chi connectivity index (χ4v) is 2.43. The predicted molar refractivity (Wildman–Crippen MR) is 67.9 cm³/mol. The summed E-state index contributed by atoms with van der Waals surface area (Å²) in [5, 5.41) is 29.7. The van der Waals surface area contributed by atoms with Crippen LogP contribution in [-0.2, 0) is 14.6 Å². The summed E-state index contributed by atoms with van der Waals surface area (Å²) in [6.45, 7) is -0.211. The van der Waals surface area contributed by atoms with Crippen LogP contribution in [-0.4, -0.2) is 84.0 Å². The standard InChI is InChI=1S/C10H18N2O7S/c1-20(18,19)3-2-6(9(15)16)11-10(17)12-4-7(13)8(14)5-12/h6-8,13-14H,2-5H2,1H3,(H,11,17)(H,15,16). The quantitative estimate of drug-likeness (QED) is 0.444. The fourth-order valence-electron chi connectivity index (χ4n) is 1.76. The van der Waals surface area contributed by atoms with Crippen LogP contribution < -0.4 is 5.32 Å². The number of nitrogens with zero attached hydrogens (tertiary/aromatic N) is 1. The highest BCUT2D eigenvalue weighted by atomic mass is 32.2. The van der Waals surface area contributed by atoms with E-state index in [-0.39, 0.29) is 25.3 Å². The Balaban J connectivity index is 2.58. The van der Waals surface area contributed by atoms with Gasteiger partial charge in [-0.1, -0.05) is 0 Å². The van der Waals surface area contributed by atoms with Crippen molar-refractivity contribution in [2.24, 2.45) is 0 Å². The maximum atomic E-state index is 11.8. The van der Waals surface area contributed by atoms with Crippen LogP contribution >= 0.6 is 0 Å². The molecule has 1 heterocycles. The van der Waals surface area contributed by atoms with E-state index < -0.39 is 40.1 Å². The predicted octanol–water partition coefficient (Wildman–Crippen LogP) is -2.38. The zero-order valence-corrected chi connectivity index (χ0v) is 11.7. The molecule has 10 heteroatoms. The Morgan fingerprint density at radius 2 is 1.80 bits per heavy atom. The van der Waals surface area contributed by atoms with E-state index in [1.807, 2.05) is 0 Å². The van der Waals surface area contributed by atoms with Gasteiger partial charge < -0.3 is 25.5 Å². The van der Waals surface area contributed by atoms with Gasteiger partial charge in [0.2, 0.25) is 0 Å². The highest BCUT2D eigenvalue weighted by molar-refractivity contribution is 7.90. The van der Waals surface area contributed by atoms with Crippen molar-refractivity contribution in [2.45, 2.75) is 24.7 Å². The molecule has 1 fully saturated rings. The van der Waals surface area contributed by atoms with Crippen LogP contribution in [0, 0.1) is 0 Å². The summed E-state index contributed by atoms with van der Waals surface area (Å²) in [6.07, 6.45) is -1.42. The van der Waals surface area contributed by atoms with Crippen molar-refractivity contribution in [1.82, 2.24) is 10.2 Å². The minimum absolute atomic E-state index is 0.106. The summed E-state index contributed by atoms with van der Waals surface area (Å²) < 4.78 is 22.0. The molecule has 0 radical (unpaired) electrons. The number of hydrogen-bond acceptors (Lipinski definition) is 6. The second-order valence-corrected chi connectivity index (χ2v) is 7.06. The Hall–Kier alpha value is -1.39. The molecule has 0 aliphatic carbocycles. The molecule has 0 spiro atoms. The number of likely N-dealkylation sites (tertiary alicyclic amines) is 1. The smallest absolute Gasteiger partial charge is 0.326 e. The molecule has 1 rings (SSSR count). The third-order valence-electron chi connectivity index (χ3n) is 2.92. The number of carbonyl (C=O) groups is 2. The normalized spacial score (nSPS) is 24.4. The molecular weight excluding hydrogens is 292 g/mol. The second-order valence-electron chi connectivity index (χ2n) is 4.80. The van der Waals surface area contributed by atoms with Gasteiger partial charge in [-0.05, 0) is 6.42 Å². The lowest BCUT2D eigenvalue weighted by molar-refractivity contribution is -0.139. The number of aliphatic hydroxyl groups excluding tert-OH is 2. The summed E-state index contributed by atoms with van der Waals surface area (Å²) in [6, 6.07) is -2.10. The first-order chi connectivity index (χ1) is 9.10. The summed E-state index contributed by atoms with van der Waals surface area (Å²) in [5.74, 6) is -1.71. The molecule has 116 valence electrons.